The molecule has 0 fully saturated rings. The van der Waals surface area contributed by atoms with Crippen LogP contribution in [-0.4, -0.2) is 45.9 Å². The first-order chi connectivity index (χ1) is 15.0. The third-order valence-corrected chi connectivity index (χ3v) is 6.75. The summed E-state index contributed by atoms with van der Waals surface area (Å²) in [6.45, 7) is 5.54. The molecule has 0 aliphatic carbocycles. The van der Waals surface area contributed by atoms with Crippen molar-refractivity contribution in [1.82, 2.24) is 14.5 Å². The second kappa shape index (κ2) is 9.24. The zero-order valence-electron chi connectivity index (χ0n) is 18.1. The van der Waals surface area contributed by atoms with Gasteiger partial charge in [-0.1, -0.05) is 48.2 Å². The van der Waals surface area contributed by atoms with E-state index in [1.165, 1.54) is 22.9 Å². The van der Waals surface area contributed by atoms with E-state index in [2.05, 4.69) is 12.1 Å². The van der Waals surface area contributed by atoms with Gasteiger partial charge in [0.25, 0.3) is 5.56 Å². The van der Waals surface area contributed by atoms with Crippen LogP contribution in [0.4, 0.5) is 0 Å². The Morgan fingerprint density at radius 2 is 1.84 bits per heavy atom. The SMILES string of the molecule is COC[C@@H](C)n1c(S[C@H](C)C(=O)N2CCc3ccccc3C2)nc2ccccc2c1=O. The minimum Gasteiger partial charge on any atom is -0.383 e. The highest BCUT2D eigenvalue weighted by atomic mass is 32.2. The number of hydrogen-bond acceptors (Lipinski definition) is 5. The molecule has 6 nitrogen and oxygen atoms in total. The van der Waals surface area contributed by atoms with E-state index in [0.717, 1.165) is 6.42 Å². The van der Waals surface area contributed by atoms with E-state index < -0.39 is 0 Å². The van der Waals surface area contributed by atoms with Crippen molar-refractivity contribution in [3.63, 3.8) is 0 Å². The van der Waals surface area contributed by atoms with Gasteiger partial charge in [-0.2, -0.15) is 0 Å². The highest BCUT2D eigenvalue weighted by molar-refractivity contribution is 8.00. The third kappa shape index (κ3) is 4.38. The van der Waals surface area contributed by atoms with Crippen molar-refractivity contribution in [1.29, 1.82) is 0 Å². The van der Waals surface area contributed by atoms with Crippen LogP contribution in [0.2, 0.25) is 0 Å². The highest BCUT2D eigenvalue weighted by Gasteiger charge is 2.27. The summed E-state index contributed by atoms with van der Waals surface area (Å²) in [5.41, 5.74) is 3.05. The molecule has 0 bridgehead atoms. The molecule has 0 saturated heterocycles. The van der Waals surface area contributed by atoms with Gasteiger partial charge in [-0.3, -0.25) is 14.2 Å². The molecule has 1 aliphatic rings. The molecule has 31 heavy (non-hydrogen) atoms. The van der Waals surface area contributed by atoms with Crippen LogP contribution >= 0.6 is 11.8 Å². The molecule has 0 spiro atoms. The second-order valence-corrected chi connectivity index (χ2v) is 9.24. The lowest BCUT2D eigenvalue weighted by molar-refractivity contribution is -0.131. The molecular weight excluding hydrogens is 410 g/mol. The number of carbonyl (C=O) groups excluding carboxylic acids is 1. The molecule has 2 aromatic carbocycles. The maximum absolute atomic E-state index is 13.2. The molecule has 0 unspecified atom stereocenters. The van der Waals surface area contributed by atoms with Gasteiger partial charge in [0.05, 0.1) is 28.8 Å². The van der Waals surface area contributed by atoms with Gasteiger partial charge in [0.1, 0.15) is 0 Å². The fourth-order valence-corrected chi connectivity index (χ4v) is 5.16. The minimum absolute atomic E-state index is 0.0628. The van der Waals surface area contributed by atoms with Gasteiger partial charge < -0.3 is 9.64 Å². The van der Waals surface area contributed by atoms with Gasteiger partial charge in [0.2, 0.25) is 5.91 Å². The Labute approximate surface area is 186 Å². The lowest BCUT2D eigenvalue weighted by Crippen LogP contribution is -2.40. The number of ether oxygens (including phenoxy) is 1. The number of carbonyl (C=O) groups is 1. The number of para-hydroxylation sites is 1. The summed E-state index contributed by atoms with van der Waals surface area (Å²) < 4.78 is 6.95. The third-order valence-electron chi connectivity index (χ3n) is 5.70. The number of methoxy groups -OCH3 is 1. The van der Waals surface area contributed by atoms with Gasteiger partial charge in [-0.05, 0) is 43.5 Å². The molecule has 1 aliphatic heterocycles. The van der Waals surface area contributed by atoms with Gasteiger partial charge >= 0.3 is 0 Å². The molecule has 7 heteroatoms. The summed E-state index contributed by atoms with van der Waals surface area (Å²) in [7, 11) is 1.61. The Kier molecular flexibility index (Phi) is 6.43. The first kappa shape index (κ1) is 21.6. The number of amides is 1. The smallest absolute Gasteiger partial charge is 0.262 e. The second-order valence-electron chi connectivity index (χ2n) is 7.93. The summed E-state index contributed by atoms with van der Waals surface area (Å²) in [5, 5.41) is 0.757. The summed E-state index contributed by atoms with van der Waals surface area (Å²) >= 11 is 1.34. The van der Waals surface area contributed by atoms with Crippen molar-refractivity contribution < 1.29 is 9.53 Å². The average Bonchev–Trinajstić information content (AvgIpc) is 2.78. The van der Waals surface area contributed by atoms with E-state index in [4.69, 9.17) is 9.72 Å². The maximum Gasteiger partial charge on any atom is 0.262 e. The van der Waals surface area contributed by atoms with Gasteiger partial charge in [0, 0.05) is 20.2 Å². The molecule has 0 saturated carbocycles. The summed E-state index contributed by atoms with van der Waals surface area (Å²) in [6.07, 6.45) is 0.864. The molecule has 1 aromatic heterocycles. The predicted molar refractivity (Wildman–Crippen MR) is 123 cm³/mol. The number of nitrogens with zero attached hydrogens (tertiary/aromatic N) is 3. The van der Waals surface area contributed by atoms with E-state index in [9.17, 15) is 9.59 Å². The van der Waals surface area contributed by atoms with Crippen LogP contribution < -0.4 is 5.56 Å². The minimum atomic E-state index is -0.362. The van der Waals surface area contributed by atoms with Crippen LogP contribution in [0.3, 0.4) is 0 Å². The van der Waals surface area contributed by atoms with Crippen LogP contribution in [0.1, 0.15) is 31.0 Å². The summed E-state index contributed by atoms with van der Waals surface area (Å²) in [4.78, 5) is 33.1. The molecule has 2 heterocycles. The largest absolute Gasteiger partial charge is 0.383 e. The standard InChI is InChI=1S/C24H27N3O3S/c1-16(15-30-3)27-23(29)20-10-6-7-11-21(20)25-24(27)31-17(2)22(28)26-13-12-18-8-4-5-9-19(18)14-26/h4-11,16-17H,12-15H2,1-3H3/t16-,17-/m1/s1. The van der Waals surface area contributed by atoms with Crippen molar-refractivity contribution in [3.8, 4) is 0 Å². The molecule has 162 valence electrons. The van der Waals surface area contributed by atoms with Crippen LogP contribution in [-0.2, 0) is 22.5 Å². The fraction of sp³-hybridized carbons (Fsp3) is 0.375. The molecular formula is C24H27N3O3S. The van der Waals surface area contributed by atoms with E-state index in [0.29, 0.717) is 35.8 Å². The molecule has 0 radical (unpaired) electrons. The van der Waals surface area contributed by atoms with Gasteiger partial charge in [-0.25, -0.2) is 4.98 Å². The van der Waals surface area contributed by atoms with E-state index in [-0.39, 0.29) is 22.8 Å². The Morgan fingerprint density at radius 3 is 2.61 bits per heavy atom. The average molecular weight is 438 g/mol. The normalized spacial score (nSPS) is 15.5. The van der Waals surface area contributed by atoms with Gasteiger partial charge in [0.15, 0.2) is 5.16 Å². The lowest BCUT2D eigenvalue weighted by atomic mass is 10.00. The number of rotatable bonds is 6. The highest BCUT2D eigenvalue weighted by Crippen LogP contribution is 2.28. The Bertz CT molecular complexity index is 1160. The number of hydrogen-bond donors (Lipinski definition) is 0. The lowest BCUT2D eigenvalue weighted by Gasteiger charge is -2.31. The summed E-state index contributed by atoms with van der Waals surface area (Å²) in [5.74, 6) is 0.0628. The van der Waals surface area contributed by atoms with Crippen molar-refractivity contribution in [3.05, 3.63) is 70.0 Å². The molecule has 3 aromatic rings. The van der Waals surface area contributed by atoms with E-state index in [1.54, 1.807) is 17.7 Å². The Hall–Kier alpha value is -2.64. The first-order valence-corrected chi connectivity index (χ1v) is 11.4. The van der Waals surface area contributed by atoms with Crippen molar-refractivity contribution in [2.45, 2.75) is 43.3 Å². The Morgan fingerprint density at radius 1 is 1.13 bits per heavy atom. The predicted octanol–water partition coefficient (Wildman–Crippen LogP) is 3.67. The molecule has 4 rings (SSSR count). The summed E-state index contributed by atoms with van der Waals surface area (Å²) in [6, 6.07) is 15.4. The van der Waals surface area contributed by atoms with Crippen LogP contribution in [0.15, 0.2) is 58.5 Å². The monoisotopic (exact) mass is 437 g/mol. The molecule has 2 atom stereocenters. The first-order valence-electron chi connectivity index (χ1n) is 10.5. The quantitative estimate of drug-likeness (QED) is 0.435. The van der Waals surface area contributed by atoms with Crippen LogP contribution in [0.5, 0.6) is 0 Å². The van der Waals surface area contributed by atoms with Crippen molar-refractivity contribution in [2.75, 3.05) is 20.3 Å². The van der Waals surface area contributed by atoms with Crippen LogP contribution in [0.25, 0.3) is 10.9 Å². The number of fused-ring (bicyclic) bond motifs is 2. The van der Waals surface area contributed by atoms with Crippen molar-refractivity contribution >= 4 is 28.6 Å². The zero-order valence-corrected chi connectivity index (χ0v) is 18.9. The van der Waals surface area contributed by atoms with Crippen LogP contribution in [0, 0.1) is 0 Å². The van der Waals surface area contributed by atoms with E-state index in [1.807, 2.05) is 49.1 Å². The van der Waals surface area contributed by atoms with Gasteiger partial charge in [-0.15, -0.1) is 0 Å². The maximum atomic E-state index is 13.2. The topological polar surface area (TPSA) is 64.4 Å². The Balaban J connectivity index is 1.62. The number of aromatic nitrogens is 2. The molecule has 1 amide bonds. The molecule has 0 N–H and O–H groups in total. The van der Waals surface area contributed by atoms with E-state index >= 15 is 0 Å². The van der Waals surface area contributed by atoms with Crippen molar-refractivity contribution in [2.24, 2.45) is 0 Å². The fourth-order valence-electron chi connectivity index (χ4n) is 4.06. The number of thioether (sulfide) groups is 1. The number of benzene rings is 2. The zero-order chi connectivity index (χ0) is 22.0.